The third kappa shape index (κ3) is 1.95. The molecule has 1 atom stereocenters. The summed E-state index contributed by atoms with van der Waals surface area (Å²) in [6.45, 7) is 1.79. The van der Waals surface area contributed by atoms with Gasteiger partial charge in [0.25, 0.3) is 0 Å². The van der Waals surface area contributed by atoms with E-state index in [0.717, 1.165) is 10.6 Å². The SMILES string of the molecule is COC(=O)[C@]1(C)CSC(c2cccnc2)=N1. The van der Waals surface area contributed by atoms with Crippen LogP contribution in [0.15, 0.2) is 29.5 Å². The van der Waals surface area contributed by atoms with Gasteiger partial charge in [0.15, 0.2) is 5.54 Å². The number of nitrogens with zero attached hydrogens (tertiary/aromatic N) is 2. The molecule has 0 unspecified atom stereocenters. The molecule has 1 aliphatic rings. The summed E-state index contributed by atoms with van der Waals surface area (Å²) in [6.07, 6.45) is 3.46. The average molecular weight is 236 g/mol. The van der Waals surface area contributed by atoms with E-state index in [4.69, 9.17) is 4.74 Å². The van der Waals surface area contributed by atoms with E-state index in [9.17, 15) is 4.79 Å². The molecule has 1 aromatic heterocycles. The quantitative estimate of drug-likeness (QED) is 0.730. The lowest BCUT2D eigenvalue weighted by atomic mass is 10.1. The molecule has 2 heterocycles. The Bertz CT molecular complexity index is 433. The number of esters is 1. The van der Waals surface area contributed by atoms with Gasteiger partial charge in [-0.1, -0.05) is 0 Å². The number of thioether (sulfide) groups is 1. The Morgan fingerprint density at radius 2 is 2.44 bits per heavy atom. The second-order valence-corrected chi connectivity index (χ2v) is 4.68. The Morgan fingerprint density at radius 3 is 3.06 bits per heavy atom. The highest BCUT2D eigenvalue weighted by Crippen LogP contribution is 2.31. The van der Waals surface area contributed by atoms with Crippen LogP contribution in [0.3, 0.4) is 0 Å². The highest BCUT2D eigenvalue weighted by Gasteiger charge is 2.39. The van der Waals surface area contributed by atoms with Crippen molar-refractivity contribution in [2.45, 2.75) is 12.5 Å². The summed E-state index contributed by atoms with van der Waals surface area (Å²) in [4.78, 5) is 20.0. The molecule has 5 heteroatoms. The van der Waals surface area contributed by atoms with Gasteiger partial charge in [0.2, 0.25) is 0 Å². The second kappa shape index (κ2) is 4.25. The Morgan fingerprint density at radius 1 is 1.62 bits per heavy atom. The summed E-state index contributed by atoms with van der Waals surface area (Å²) < 4.78 is 4.75. The Balaban J connectivity index is 2.28. The minimum absolute atomic E-state index is 0.293. The lowest BCUT2D eigenvalue weighted by molar-refractivity contribution is -0.145. The normalized spacial score (nSPS) is 24.0. The molecule has 0 fully saturated rings. The summed E-state index contributed by atoms with van der Waals surface area (Å²) >= 11 is 1.56. The highest BCUT2D eigenvalue weighted by atomic mass is 32.2. The van der Waals surface area contributed by atoms with E-state index in [0.29, 0.717) is 5.75 Å². The first kappa shape index (κ1) is 11.1. The summed E-state index contributed by atoms with van der Waals surface area (Å²) in [6, 6.07) is 3.79. The van der Waals surface area contributed by atoms with Crippen molar-refractivity contribution in [2.75, 3.05) is 12.9 Å². The number of carbonyl (C=O) groups is 1. The molecule has 0 bridgehead atoms. The second-order valence-electron chi connectivity index (χ2n) is 3.71. The number of aliphatic imine (C=N–C) groups is 1. The third-order valence-corrected chi connectivity index (χ3v) is 3.68. The molecule has 2 rings (SSSR count). The van der Waals surface area contributed by atoms with Crippen molar-refractivity contribution in [1.29, 1.82) is 0 Å². The van der Waals surface area contributed by atoms with Gasteiger partial charge in [-0.25, -0.2) is 4.79 Å². The molecule has 0 aromatic carbocycles. The zero-order valence-corrected chi connectivity index (χ0v) is 9.95. The molecule has 0 spiro atoms. The summed E-state index contributed by atoms with van der Waals surface area (Å²) in [7, 11) is 1.38. The van der Waals surface area contributed by atoms with Crippen LogP contribution >= 0.6 is 11.8 Å². The maximum atomic E-state index is 11.6. The molecule has 0 amide bonds. The van der Waals surface area contributed by atoms with Crippen molar-refractivity contribution < 1.29 is 9.53 Å². The van der Waals surface area contributed by atoms with Gasteiger partial charge in [0, 0.05) is 23.7 Å². The van der Waals surface area contributed by atoms with Crippen LogP contribution < -0.4 is 0 Å². The van der Waals surface area contributed by atoms with Crippen LogP contribution in [0.5, 0.6) is 0 Å². The van der Waals surface area contributed by atoms with Crippen LogP contribution in [-0.2, 0) is 9.53 Å². The summed E-state index contributed by atoms with van der Waals surface area (Å²) in [5.41, 5.74) is 0.185. The average Bonchev–Trinajstić information content (AvgIpc) is 2.73. The largest absolute Gasteiger partial charge is 0.467 e. The van der Waals surface area contributed by atoms with Crippen LogP contribution in [-0.4, -0.2) is 34.4 Å². The van der Waals surface area contributed by atoms with Crippen molar-refractivity contribution in [3.8, 4) is 0 Å². The van der Waals surface area contributed by atoms with Gasteiger partial charge in [0.1, 0.15) is 5.04 Å². The number of hydrogen-bond donors (Lipinski definition) is 0. The first-order valence-corrected chi connectivity index (χ1v) is 5.86. The molecule has 4 nitrogen and oxygen atoms in total. The number of hydrogen-bond acceptors (Lipinski definition) is 5. The first-order chi connectivity index (χ1) is 7.65. The lowest BCUT2D eigenvalue weighted by Gasteiger charge is -2.15. The van der Waals surface area contributed by atoms with Crippen LogP contribution in [0.2, 0.25) is 0 Å². The minimum atomic E-state index is -0.759. The predicted molar refractivity (Wildman–Crippen MR) is 63.7 cm³/mol. The predicted octanol–water partition coefficient (Wildman–Crippen LogP) is 1.51. The lowest BCUT2D eigenvalue weighted by Crippen LogP contribution is -2.34. The number of pyridine rings is 1. The molecule has 0 saturated carbocycles. The van der Waals surface area contributed by atoms with E-state index in [1.165, 1.54) is 7.11 Å². The van der Waals surface area contributed by atoms with Crippen LogP contribution in [0.4, 0.5) is 0 Å². The Labute approximate surface area is 98.1 Å². The molecule has 16 heavy (non-hydrogen) atoms. The van der Waals surface area contributed by atoms with Crippen molar-refractivity contribution >= 4 is 22.8 Å². The van der Waals surface area contributed by atoms with Gasteiger partial charge >= 0.3 is 5.97 Å². The maximum Gasteiger partial charge on any atom is 0.334 e. The number of rotatable bonds is 2. The van der Waals surface area contributed by atoms with Crippen LogP contribution in [0.25, 0.3) is 0 Å². The number of ether oxygens (including phenoxy) is 1. The molecule has 0 saturated heterocycles. The van der Waals surface area contributed by atoms with Crippen molar-refractivity contribution in [3.05, 3.63) is 30.1 Å². The van der Waals surface area contributed by atoms with E-state index in [1.54, 1.807) is 31.1 Å². The number of methoxy groups -OCH3 is 1. The fraction of sp³-hybridized carbons (Fsp3) is 0.364. The van der Waals surface area contributed by atoms with Crippen molar-refractivity contribution in [1.82, 2.24) is 4.98 Å². The molecule has 84 valence electrons. The molecular formula is C11H12N2O2S. The van der Waals surface area contributed by atoms with E-state index >= 15 is 0 Å². The number of carbonyl (C=O) groups excluding carboxylic acids is 1. The zero-order chi connectivity index (χ0) is 11.6. The Hall–Kier alpha value is -1.36. The molecular weight excluding hydrogens is 224 g/mol. The molecule has 0 aliphatic carbocycles. The van der Waals surface area contributed by atoms with E-state index in [-0.39, 0.29) is 5.97 Å². The molecule has 1 aromatic rings. The molecule has 0 N–H and O–H groups in total. The van der Waals surface area contributed by atoms with Gasteiger partial charge in [-0.15, -0.1) is 11.8 Å². The smallest absolute Gasteiger partial charge is 0.334 e. The van der Waals surface area contributed by atoms with Gasteiger partial charge in [-0.3, -0.25) is 9.98 Å². The Kier molecular flexibility index (Phi) is 2.96. The van der Waals surface area contributed by atoms with Gasteiger partial charge in [0.05, 0.1) is 7.11 Å². The minimum Gasteiger partial charge on any atom is -0.467 e. The van der Waals surface area contributed by atoms with Crippen molar-refractivity contribution in [2.24, 2.45) is 4.99 Å². The zero-order valence-electron chi connectivity index (χ0n) is 9.14. The van der Waals surface area contributed by atoms with E-state index in [1.807, 2.05) is 12.1 Å². The first-order valence-electron chi connectivity index (χ1n) is 4.87. The van der Waals surface area contributed by atoms with Gasteiger partial charge < -0.3 is 4.74 Å². The fourth-order valence-electron chi connectivity index (χ4n) is 1.46. The fourth-order valence-corrected chi connectivity index (χ4v) is 2.61. The highest BCUT2D eigenvalue weighted by molar-refractivity contribution is 8.14. The maximum absolute atomic E-state index is 11.6. The summed E-state index contributed by atoms with van der Waals surface area (Å²) in [5.74, 6) is 0.322. The van der Waals surface area contributed by atoms with E-state index < -0.39 is 5.54 Å². The summed E-state index contributed by atoms with van der Waals surface area (Å²) in [5, 5.41) is 0.848. The number of aromatic nitrogens is 1. The van der Waals surface area contributed by atoms with Crippen LogP contribution in [0, 0.1) is 0 Å². The molecule has 1 aliphatic heterocycles. The van der Waals surface area contributed by atoms with Crippen LogP contribution in [0.1, 0.15) is 12.5 Å². The topological polar surface area (TPSA) is 51.5 Å². The van der Waals surface area contributed by atoms with E-state index in [2.05, 4.69) is 9.98 Å². The third-order valence-electron chi connectivity index (χ3n) is 2.37. The monoisotopic (exact) mass is 236 g/mol. The molecule has 0 radical (unpaired) electrons. The standard InChI is InChI=1S/C11H12N2O2S/c1-11(10(14)15-2)7-16-9(13-11)8-4-3-5-12-6-8/h3-6H,7H2,1-2H3/t11-/m0/s1. The van der Waals surface area contributed by atoms with Gasteiger partial charge in [-0.05, 0) is 19.1 Å². The van der Waals surface area contributed by atoms with Crippen molar-refractivity contribution in [3.63, 3.8) is 0 Å². The van der Waals surface area contributed by atoms with Gasteiger partial charge in [-0.2, -0.15) is 0 Å².